The molecule has 0 aliphatic rings. The average molecular weight is 322 g/mol. The topological polar surface area (TPSA) is 26.3 Å². The van der Waals surface area contributed by atoms with Crippen molar-refractivity contribution < 1.29 is 8.83 Å². The lowest BCUT2D eigenvalue weighted by Crippen LogP contribution is -1.63. The quantitative estimate of drug-likeness (QED) is 0.364. The molecule has 0 bridgehead atoms. The predicted molar refractivity (Wildman–Crippen MR) is 92.6 cm³/mol. The second kappa shape index (κ2) is 4.60. The van der Waals surface area contributed by atoms with Gasteiger partial charge in [-0.05, 0) is 41.1 Å². The molecular formula is C18H10O2S2. The van der Waals surface area contributed by atoms with Gasteiger partial charge in [0.2, 0.25) is 0 Å². The molecule has 4 heterocycles. The van der Waals surface area contributed by atoms with Crippen LogP contribution < -0.4 is 0 Å². The van der Waals surface area contributed by atoms with Crippen LogP contribution >= 0.6 is 22.7 Å². The van der Waals surface area contributed by atoms with E-state index in [0.717, 1.165) is 43.2 Å². The van der Waals surface area contributed by atoms with Crippen LogP contribution in [0.25, 0.3) is 43.2 Å². The molecule has 0 saturated heterocycles. The Hall–Kier alpha value is -2.30. The van der Waals surface area contributed by atoms with Crippen LogP contribution in [0.3, 0.4) is 0 Å². The van der Waals surface area contributed by atoms with E-state index in [1.165, 1.54) is 0 Å². The van der Waals surface area contributed by atoms with Crippen LogP contribution in [0.4, 0.5) is 0 Å². The number of furan rings is 2. The monoisotopic (exact) mass is 322 g/mol. The summed E-state index contributed by atoms with van der Waals surface area (Å²) in [5, 5.41) is 6.33. The number of fused-ring (bicyclic) bond motifs is 2. The van der Waals surface area contributed by atoms with Crippen LogP contribution in [-0.2, 0) is 0 Å². The van der Waals surface area contributed by atoms with E-state index in [9.17, 15) is 0 Å². The molecule has 5 rings (SSSR count). The Labute approximate surface area is 134 Å². The van der Waals surface area contributed by atoms with Crippen LogP contribution in [0.1, 0.15) is 0 Å². The SMILES string of the molecule is c1csc(-c2cc3cc4cc(-c5cccs5)oc4cc3o2)c1. The van der Waals surface area contributed by atoms with Crippen LogP contribution in [0.15, 0.2) is 68.1 Å². The standard InChI is InChI=1S/C18H10O2S2/c1-3-17(21-5-1)15-8-11-7-12-9-16(18-4-2-6-22-18)20-14(12)10-13(11)19-15/h1-10H. The molecule has 1 aromatic carbocycles. The lowest BCUT2D eigenvalue weighted by atomic mass is 10.2. The molecule has 4 aromatic heterocycles. The van der Waals surface area contributed by atoms with Gasteiger partial charge in [0.05, 0.1) is 9.75 Å². The molecule has 22 heavy (non-hydrogen) atoms. The fourth-order valence-electron chi connectivity index (χ4n) is 2.66. The van der Waals surface area contributed by atoms with Gasteiger partial charge >= 0.3 is 0 Å². The van der Waals surface area contributed by atoms with Crippen LogP contribution in [0, 0.1) is 0 Å². The summed E-state index contributed by atoms with van der Waals surface area (Å²) in [6.45, 7) is 0. The highest BCUT2D eigenvalue weighted by Gasteiger charge is 2.12. The molecule has 0 unspecified atom stereocenters. The summed E-state index contributed by atoms with van der Waals surface area (Å²) in [6.07, 6.45) is 0. The minimum absolute atomic E-state index is 0.864. The highest BCUT2D eigenvalue weighted by molar-refractivity contribution is 7.13. The minimum Gasteiger partial charge on any atom is -0.455 e. The van der Waals surface area contributed by atoms with E-state index in [1.54, 1.807) is 22.7 Å². The third-order valence-electron chi connectivity index (χ3n) is 3.68. The second-order valence-corrected chi connectivity index (χ2v) is 7.00. The summed E-state index contributed by atoms with van der Waals surface area (Å²) >= 11 is 3.36. The van der Waals surface area contributed by atoms with Crippen molar-refractivity contribution in [2.45, 2.75) is 0 Å². The van der Waals surface area contributed by atoms with Gasteiger partial charge in [-0.25, -0.2) is 0 Å². The van der Waals surface area contributed by atoms with E-state index in [-0.39, 0.29) is 0 Å². The van der Waals surface area contributed by atoms with Crippen molar-refractivity contribution in [3.8, 4) is 21.3 Å². The highest BCUT2D eigenvalue weighted by Crippen LogP contribution is 2.36. The van der Waals surface area contributed by atoms with Crippen molar-refractivity contribution in [2.24, 2.45) is 0 Å². The molecule has 0 atom stereocenters. The fraction of sp³-hybridized carbons (Fsp3) is 0. The van der Waals surface area contributed by atoms with Gasteiger partial charge in [-0.2, -0.15) is 0 Å². The molecule has 0 N–H and O–H groups in total. The molecule has 0 saturated carbocycles. The average Bonchev–Trinajstić information content (AvgIpc) is 3.27. The summed E-state index contributed by atoms with van der Waals surface area (Å²) in [7, 11) is 0. The number of rotatable bonds is 2. The van der Waals surface area contributed by atoms with Crippen molar-refractivity contribution in [1.29, 1.82) is 0 Å². The Morgan fingerprint density at radius 1 is 0.636 bits per heavy atom. The maximum atomic E-state index is 5.97. The predicted octanol–water partition coefficient (Wildman–Crippen LogP) is 6.64. The van der Waals surface area contributed by atoms with E-state index in [2.05, 4.69) is 41.1 Å². The zero-order chi connectivity index (χ0) is 14.5. The Morgan fingerprint density at radius 3 is 1.64 bits per heavy atom. The van der Waals surface area contributed by atoms with Crippen molar-refractivity contribution in [2.75, 3.05) is 0 Å². The molecular weight excluding hydrogens is 312 g/mol. The summed E-state index contributed by atoms with van der Waals surface area (Å²) < 4.78 is 11.9. The fourth-order valence-corrected chi connectivity index (χ4v) is 4.01. The smallest absolute Gasteiger partial charge is 0.145 e. The molecule has 2 nitrogen and oxygen atoms in total. The van der Waals surface area contributed by atoms with Crippen molar-refractivity contribution in [3.63, 3.8) is 0 Å². The van der Waals surface area contributed by atoms with E-state index in [4.69, 9.17) is 8.83 Å². The van der Waals surface area contributed by atoms with Gasteiger partial charge in [-0.3, -0.25) is 0 Å². The van der Waals surface area contributed by atoms with E-state index < -0.39 is 0 Å². The van der Waals surface area contributed by atoms with Crippen molar-refractivity contribution >= 4 is 44.6 Å². The van der Waals surface area contributed by atoms with Crippen LogP contribution in [-0.4, -0.2) is 0 Å². The van der Waals surface area contributed by atoms with Gasteiger partial charge < -0.3 is 8.83 Å². The largest absolute Gasteiger partial charge is 0.455 e. The van der Waals surface area contributed by atoms with Gasteiger partial charge in [-0.1, -0.05) is 12.1 Å². The molecule has 5 aromatic rings. The normalized spacial score (nSPS) is 11.6. The molecule has 4 heteroatoms. The molecule has 106 valence electrons. The zero-order valence-corrected chi connectivity index (χ0v) is 13.0. The molecule has 0 fully saturated rings. The first-order valence-electron chi connectivity index (χ1n) is 6.92. The Kier molecular flexibility index (Phi) is 2.56. The lowest BCUT2D eigenvalue weighted by molar-refractivity contribution is 0.621. The molecule has 0 spiro atoms. The van der Waals surface area contributed by atoms with Gasteiger partial charge in [0.1, 0.15) is 22.7 Å². The number of thiophene rings is 2. The maximum Gasteiger partial charge on any atom is 0.145 e. The third kappa shape index (κ3) is 1.85. The van der Waals surface area contributed by atoms with E-state index >= 15 is 0 Å². The third-order valence-corrected chi connectivity index (χ3v) is 5.45. The Balaban J connectivity index is 1.69. The first kappa shape index (κ1) is 12.3. The number of benzene rings is 1. The Bertz CT molecular complexity index is 929. The van der Waals surface area contributed by atoms with Crippen LogP contribution in [0.2, 0.25) is 0 Å². The van der Waals surface area contributed by atoms with Crippen molar-refractivity contribution in [1.82, 2.24) is 0 Å². The maximum absolute atomic E-state index is 5.97. The minimum atomic E-state index is 0.864. The molecule has 0 aliphatic heterocycles. The van der Waals surface area contributed by atoms with Crippen LogP contribution in [0.5, 0.6) is 0 Å². The molecule has 0 amide bonds. The summed E-state index contributed by atoms with van der Waals surface area (Å²) in [5.74, 6) is 1.83. The molecule has 0 radical (unpaired) electrons. The first-order valence-corrected chi connectivity index (χ1v) is 8.68. The summed E-state index contributed by atoms with van der Waals surface area (Å²) in [6, 6.07) is 16.5. The lowest BCUT2D eigenvalue weighted by Gasteiger charge is -1.89. The van der Waals surface area contributed by atoms with Gasteiger partial charge in [0.25, 0.3) is 0 Å². The molecule has 0 aliphatic carbocycles. The Morgan fingerprint density at radius 2 is 1.18 bits per heavy atom. The number of hydrogen-bond donors (Lipinski definition) is 0. The van der Waals surface area contributed by atoms with E-state index in [0.29, 0.717) is 0 Å². The number of hydrogen-bond acceptors (Lipinski definition) is 4. The first-order chi connectivity index (χ1) is 10.9. The van der Waals surface area contributed by atoms with E-state index in [1.807, 2.05) is 18.2 Å². The second-order valence-electron chi connectivity index (χ2n) is 5.10. The zero-order valence-electron chi connectivity index (χ0n) is 11.4. The van der Waals surface area contributed by atoms with Gasteiger partial charge in [0, 0.05) is 16.8 Å². The summed E-state index contributed by atoms with van der Waals surface area (Å²) in [4.78, 5) is 2.29. The van der Waals surface area contributed by atoms with Gasteiger partial charge in [0.15, 0.2) is 0 Å². The van der Waals surface area contributed by atoms with Crippen molar-refractivity contribution in [3.05, 3.63) is 59.3 Å². The van der Waals surface area contributed by atoms with Gasteiger partial charge in [-0.15, -0.1) is 22.7 Å². The highest BCUT2D eigenvalue weighted by atomic mass is 32.1. The summed E-state index contributed by atoms with van der Waals surface area (Å²) in [5.41, 5.74) is 1.73.